The zero-order valence-electron chi connectivity index (χ0n) is 9.48. The standard InChI is InChI=1S/C10H15N3O2S/c1-7(2)11-10(14)12-8-4-5-13(15)9(6-8)16-3/h4-7H,1-3H3,(H2,11,12,14). The molecule has 1 heterocycles. The number of thioether (sulfide) groups is 1. The summed E-state index contributed by atoms with van der Waals surface area (Å²) >= 11 is 1.33. The van der Waals surface area contributed by atoms with E-state index in [1.54, 1.807) is 12.1 Å². The lowest BCUT2D eigenvalue weighted by molar-refractivity contribution is -0.645. The summed E-state index contributed by atoms with van der Waals surface area (Å²) in [5.41, 5.74) is 0.606. The van der Waals surface area contributed by atoms with Crippen molar-refractivity contribution in [1.29, 1.82) is 0 Å². The van der Waals surface area contributed by atoms with Gasteiger partial charge in [-0.25, -0.2) is 4.79 Å². The van der Waals surface area contributed by atoms with Crippen molar-refractivity contribution in [2.45, 2.75) is 24.9 Å². The van der Waals surface area contributed by atoms with E-state index in [-0.39, 0.29) is 12.1 Å². The Bertz CT molecular complexity index is 382. The van der Waals surface area contributed by atoms with Gasteiger partial charge in [-0.2, -0.15) is 4.73 Å². The normalized spacial score (nSPS) is 10.2. The van der Waals surface area contributed by atoms with Gasteiger partial charge in [0.25, 0.3) is 5.03 Å². The van der Waals surface area contributed by atoms with E-state index < -0.39 is 0 Å². The molecule has 0 spiro atoms. The Kier molecular flexibility index (Phi) is 4.42. The Labute approximate surface area is 98.8 Å². The predicted octanol–water partition coefficient (Wildman–Crippen LogP) is 1.57. The molecule has 0 radical (unpaired) electrons. The quantitative estimate of drug-likeness (QED) is 0.479. The average Bonchev–Trinajstić information content (AvgIpc) is 2.19. The number of nitrogens with one attached hydrogen (secondary N) is 2. The SMILES string of the molecule is CSc1cc(NC(=O)NC(C)C)cc[n+]1[O-]. The lowest BCUT2D eigenvalue weighted by Crippen LogP contribution is -2.35. The molecule has 0 saturated carbocycles. The van der Waals surface area contributed by atoms with E-state index in [2.05, 4.69) is 10.6 Å². The second-order valence-corrected chi connectivity index (χ2v) is 4.36. The Morgan fingerprint density at radius 3 is 2.81 bits per heavy atom. The first kappa shape index (κ1) is 12.6. The van der Waals surface area contributed by atoms with Crippen LogP contribution in [0.15, 0.2) is 23.4 Å². The number of hydrogen-bond donors (Lipinski definition) is 2. The summed E-state index contributed by atoms with van der Waals surface area (Å²) < 4.78 is 0.760. The Morgan fingerprint density at radius 1 is 1.56 bits per heavy atom. The maximum Gasteiger partial charge on any atom is 0.319 e. The summed E-state index contributed by atoms with van der Waals surface area (Å²) in [7, 11) is 0. The Morgan fingerprint density at radius 2 is 2.25 bits per heavy atom. The topological polar surface area (TPSA) is 68.1 Å². The molecule has 0 aliphatic heterocycles. The van der Waals surface area contributed by atoms with Crippen molar-refractivity contribution in [2.75, 3.05) is 11.6 Å². The molecule has 6 heteroatoms. The number of pyridine rings is 1. The van der Waals surface area contributed by atoms with Gasteiger partial charge in [-0.3, -0.25) is 0 Å². The first-order valence-electron chi connectivity index (χ1n) is 4.87. The van der Waals surface area contributed by atoms with Crippen LogP contribution in [0.25, 0.3) is 0 Å². The van der Waals surface area contributed by atoms with Crippen molar-refractivity contribution in [2.24, 2.45) is 0 Å². The number of carbonyl (C=O) groups excluding carboxylic acids is 1. The fourth-order valence-electron chi connectivity index (χ4n) is 1.12. The molecule has 1 aromatic heterocycles. The number of amides is 2. The zero-order chi connectivity index (χ0) is 12.1. The molecule has 0 unspecified atom stereocenters. The van der Waals surface area contributed by atoms with E-state index in [0.717, 1.165) is 4.73 Å². The molecular weight excluding hydrogens is 226 g/mol. The van der Waals surface area contributed by atoms with Gasteiger partial charge in [0.2, 0.25) is 0 Å². The van der Waals surface area contributed by atoms with E-state index in [9.17, 15) is 10.0 Å². The van der Waals surface area contributed by atoms with Crippen molar-refractivity contribution in [1.82, 2.24) is 5.32 Å². The summed E-state index contributed by atoms with van der Waals surface area (Å²) in [6.07, 6.45) is 3.18. The lowest BCUT2D eigenvalue weighted by atomic mass is 10.4. The van der Waals surface area contributed by atoms with E-state index in [4.69, 9.17) is 0 Å². The van der Waals surface area contributed by atoms with Gasteiger partial charge < -0.3 is 15.8 Å². The number of anilines is 1. The molecule has 0 bridgehead atoms. The minimum Gasteiger partial charge on any atom is -0.618 e. The van der Waals surface area contributed by atoms with Gasteiger partial charge in [-0.15, -0.1) is 0 Å². The average molecular weight is 241 g/mol. The second kappa shape index (κ2) is 5.60. The van der Waals surface area contributed by atoms with E-state index in [1.165, 1.54) is 18.0 Å². The van der Waals surface area contributed by atoms with Crippen molar-refractivity contribution < 1.29 is 9.52 Å². The molecule has 0 aromatic carbocycles. The van der Waals surface area contributed by atoms with E-state index in [0.29, 0.717) is 10.7 Å². The third-order valence-electron chi connectivity index (χ3n) is 1.77. The number of carbonyl (C=O) groups is 1. The molecule has 0 fully saturated rings. The van der Waals surface area contributed by atoms with Crippen LogP contribution in [0.4, 0.5) is 10.5 Å². The number of hydrogen-bond acceptors (Lipinski definition) is 3. The highest BCUT2D eigenvalue weighted by molar-refractivity contribution is 7.98. The van der Waals surface area contributed by atoms with Crippen molar-refractivity contribution in [3.8, 4) is 0 Å². The van der Waals surface area contributed by atoms with Crippen LogP contribution in [0, 0.1) is 5.21 Å². The van der Waals surface area contributed by atoms with Crippen LogP contribution in [-0.4, -0.2) is 18.3 Å². The van der Waals surface area contributed by atoms with Crippen LogP contribution < -0.4 is 15.4 Å². The lowest BCUT2D eigenvalue weighted by Gasteiger charge is -2.10. The molecule has 2 amide bonds. The molecule has 0 aliphatic carbocycles. The summed E-state index contributed by atoms with van der Waals surface area (Å²) in [6.45, 7) is 3.76. The highest BCUT2D eigenvalue weighted by Gasteiger charge is 2.08. The van der Waals surface area contributed by atoms with Crippen LogP contribution in [0.5, 0.6) is 0 Å². The summed E-state index contributed by atoms with van der Waals surface area (Å²) in [4.78, 5) is 11.4. The van der Waals surface area contributed by atoms with Gasteiger partial charge in [-0.1, -0.05) is 11.8 Å². The largest absolute Gasteiger partial charge is 0.618 e. The van der Waals surface area contributed by atoms with Crippen LogP contribution in [0.2, 0.25) is 0 Å². The van der Waals surface area contributed by atoms with Gasteiger partial charge in [0.15, 0.2) is 6.20 Å². The highest BCUT2D eigenvalue weighted by atomic mass is 32.2. The smallest absolute Gasteiger partial charge is 0.319 e. The molecule has 0 aliphatic rings. The highest BCUT2D eigenvalue weighted by Crippen LogP contribution is 2.14. The monoisotopic (exact) mass is 241 g/mol. The molecule has 0 atom stereocenters. The summed E-state index contributed by atoms with van der Waals surface area (Å²) in [5, 5.41) is 17.1. The van der Waals surface area contributed by atoms with Crippen molar-refractivity contribution in [3.05, 3.63) is 23.5 Å². The molecule has 2 N–H and O–H groups in total. The van der Waals surface area contributed by atoms with Crippen molar-refractivity contribution in [3.63, 3.8) is 0 Å². The van der Waals surface area contributed by atoms with Crippen LogP contribution in [0.3, 0.4) is 0 Å². The van der Waals surface area contributed by atoms with Crippen LogP contribution >= 0.6 is 11.8 Å². The second-order valence-electron chi connectivity index (χ2n) is 3.54. The Balaban J connectivity index is 2.71. The van der Waals surface area contributed by atoms with Gasteiger partial charge in [0.05, 0.1) is 5.69 Å². The fourth-order valence-corrected chi connectivity index (χ4v) is 1.61. The number of rotatable bonds is 3. The number of aromatic nitrogens is 1. The summed E-state index contributed by atoms with van der Waals surface area (Å²) in [5.74, 6) is 0. The van der Waals surface area contributed by atoms with Gasteiger partial charge in [-0.05, 0) is 20.1 Å². The zero-order valence-corrected chi connectivity index (χ0v) is 10.3. The van der Waals surface area contributed by atoms with Gasteiger partial charge in [0.1, 0.15) is 0 Å². The molecular formula is C10H15N3O2S. The minimum atomic E-state index is -0.272. The van der Waals surface area contributed by atoms with Gasteiger partial charge >= 0.3 is 6.03 Å². The molecule has 16 heavy (non-hydrogen) atoms. The molecule has 1 rings (SSSR count). The third-order valence-corrected chi connectivity index (χ3v) is 2.49. The maximum atomic E-state index is 11.4. The summed E-state index contributed by atoms with van der Waals surface area (Å²) in [6, 6.07) is 3.00. The Hall–Kier alpha value is -1.43. The van der Waals surface area contributed by atoms with Crippen molar-refractivity contribution >= 4 is 23.5 Å². The first-order valence-corrected chi connectivity index (χ1v) is 6.10. The van der Waals surface area contributed by atoms with Crippen LogP contribution in [0.1, 0.15) is 13.8 Å². The minimum absolute atomic E-state index is 0.0770. The number of urea groups is 1. The first-order chi connectivity index (χ1) is 7.52. The molecule has 1 aromatic rings. The molecule has 0 saturated heterocycles. The fraction of sp³-hybridized carbons (Fsp3) is 0.400. The van der Waals surface area contributed by atoms with Gasteiger partial charge in [0, 0.05) is 18.2 Å². The molecule has 5 nitrogen and oxygen atoms in total. The van der Waals surface area contributed by atoms with E-state index >= 15 is 0 Å². The molecule has 88 valence electrons. The predicted molar refractivity (Wildman–Crippen MR) is 64.5 cm³/mol. The number of nitrogens with zero attached hydrogens (tertiary/aromatic N) is 1. The van der Waals surface area contributed by atoms with Crippen LogP contribution in [-0.2, 0) is 0 Å². The third kappa shape index (κ3) is 3.62. The maximum absolute atomic E-state index is 11.4. The van der Waals surface area contributed by atoms with E-state index in [1.807, 2.05) is 20.1 Å².